The van der Waals surface area contributed by atoms with E-state index in [9.17, 15) is 4.79 Å². The van der Waals surface area contributed by atoms with Crippen LogP contribution in [0.4, 0.5) is 0 Å². The van der Waals surface area contributed by atoms with Crippen LogP contribution in [0.25, 0.3) is 0 Å². The van der Waals surface area contributed by atoms with Crippen molar-refractivity contribution in [1.82, 2.24) is 0 Å². The maximum Gasteiger partial charge on any atom is 0.202 e. The summed E-state index contributed by atoms with van der Waals surface area (Å²) in [5, 5.41) is 0. The monoisotopic (exact) mass is 504 g/mol. The summed E-state index contributed by atoms with van der Waals surface area (Å²) >= 11 is 13.0. The molecule has 1 aliphatic rings. The molecule has 0 radical (unpaired) electrons. The molecule has 1 fully saturated rings. The largest absolute Gasteiger partial charge is 0.497 e. The van der Waals surface area contributed by atoms with Crippen molar-refractivity contribution in [3.63, 3.8) is 0 Å². The highest BCUT2D eigenvalue weighted by molar-refractivity contribution is 6.61. The van der Waals surface area contributed by atoms with Gasteiger partial charge in [0.1, 0.15) is 11.9 Å². The third-order valence-electron chi connectivity index (χ3n) is 6.94. The molecule has 0 unspecified atom stereocenters. The fraction of sp³-hybridized carbons (Fsp3) is 0.552. The lowest BCUT2D eigenvalue weighted by atomic mass is 9.75. The highest BCUT2D eigenvalue weighted by Crippen LogP contribution is 2.49. The molecule has 5 heteroatoms. The molecule has 2 aromatic rings. The van der Waals surface area contributed by atoms with Gasteiger partial charge in [0.2, 0.25) is 4.33 Å². The van der Waals surface area contributed by atoms with Gasteiger partial charge in [0, 0.05) is 0 Å². The summed E-state index contributed by atoms with van der Waals surface area (Å²) in [6.45, 7) is 15.4. The second-order valence-electron chi connectivity index (χ2n) is 10.4. The van der Waals surface area contributed by atoms with Crippen LogP contribution < -0.4 is 4.74 Å². The predicted octanol–water partition coefficient (Wildman–Crippen LogP) is 8.13. The summed E-state index contributed by atoms with van der Waals surface area (Å²) in [6.07, 6.45) is -0.295. The summed E-state index contributed by atoms with van der Waals surface area (Å²) in [4.78, 5) is 12.8. The van der Waals surface area contributed by atoms with E-state index < -0.39 is 10.4 Å². The Morgan fingerprint density at radius 2 is 1.41 bits per heavy atom. The first-order valence-corrected chi connectivity index (χ1v) is 13.0. The average Bonchev–Trinajstić information content (AvgIpc) is 2.80. The number of methoxy groups -OCH3 is 1. The Morgan fingerprint density at radius 3 is 1.85 bits per heavy atom. The number of ether oxygens (including phenoxy) is 2. The van der Waals surface area contributed by atoms with Gasteiger partial charge in [-0.3, -0.25) is 4.79 Å². The third kappa shape index (κ3) is 5.32. The molecule has 0 amide bonds. The summed E-state index contributed by atoms with van der Waals surface area (Å²) in [6, 6.07) is 12.3. The zero-order chi connectivity index (χ0) is 25.4. The number of rotatable bonds is 9. The normalized spacial score (nSPS) is 20.7. The van der Waals surface area contributed by atoms with Gasteiger partial charge in [-0.1, -0.05) is 89.0 Å². The van der Waals surface area contributed by atoms with Crippen LogP contribution in [0.5, 0.6) is 5.75 Å². The minimum Gasteiger partial charge on any atom is -0.497 e. The van der Waals surface area contributed by atoms with Crippen LogP contribution in [0.1, 0.15) is 100 Å². The minimum absolute atomic E-state index is 0.174. The molecule has 0 bridgehead atoms. The molecule has 186 valence electrons. The van der Waals surface area contributed by atoms with Crippen molar-refractivity contribution in [2.75, 3.05) is 7.11 Å². The van der Waals surface area contributed by atoms with Crippen LogP contribution in [-0.2, 0) is 16.0 Å². The van der Waals surface area contributed by atoms with E-state index in [4.69, 9.17) is 32.7 Å². The first kappa shape index (κ1) is 27.0. The van der Waals surface area contributed by atoms with E-state index >= 15 is 0 Å². The molecular weight excluding hydrogens is 467 g/mol. The lowest BCUT2D eigenvalue weighted by molar-refractivity contribution is -0.153. The molecule has 0 spiro atoms. The number of halogens is 2. The average molecular weight is 506 g/mol. The number of ketones is 1. The molecule has 3 nitrogen and oxygen atoms in total. The molecule has 1 saturated carbocycles. The van der Waals surface area contributed by atoms with Gasteiger partial charge in [-0.2, -0.15) is 0 Å². The molecule has 3 rings (SSSR count). The molecule has 2 aromatic carbocycles. The molecule has 1 aliphatic carbocycles. The molecule has 0 heterocycles. The number of hydrogen-bond donors (Lipinski definition) is 0. The van der Waals surface area contributed by atoms with Crippen molar-refractivity contribution in [2.45, 2.75) is 89.2 Å². The maximum absolute atomic E-state index is 12.8. The summed E-state index contributed by atoms with van der Waals surface area (Å²) in [5.74, 6) is 1.34. The zero-order valence-corrected chi connectivity index (χ0v) is 23.1. The first-order valence-electron chi connectivity index (χ1n) is 12.3. The van der Waals surface area contributed by atoms with E-state index in [1.54, 1.807) is 7.11 Å². The van der Waals surface area contributed by atoms with Gasteiger partial charge in [-0.15, -0.1) is 0 Å². The van der Waals surface area contributed by atoms with Crippen LogP contribution >= 0.6 is 23.2 Å². The van der Waals surface area contributed by atoms with E-state index in [-0.39, 0.29) is 17.8 Å². The summed E-state index contributed by atoms with van der Waals surface area (Å²) in [5.41, 5.74) is 6.13. The van der Waals surface area contributed by atoms with Crippen molar-refractivity contribution >= 4 is 29.0 Å². The highest BCUT2D eigenvalue weighted by Gasteiger charge is 2.61. The number of hydrogen-bond acceptors (Lipinski definition) is 3. The summed E-state index contributed by atoms with van der Waals surface area (Å²) < 4.78 is 10.3. The van der Waals surface area contributed by atoms with Crippen molar-refractivity contribution in [3.05, 3.63) is 64.2 Å². The molecule has 3 atom stereocenters. The maximum atomic E-state index is 12.8. The van der Waals surface area contributed by atoms with Gasteiger partial charge < -0.3 is 9.47 Å². The fourth-order valence-electron chi connectivity index (χ4n) is 4.85. The van der Waals surface area contributed by atoms with Crippen LogP contribution in [0.3, 0.4) is 0 Å². The van der Waals surface area contributed by atoms with E-state index in [1.807, 2.05) is 24.3 Å². The van der Waals surface area contributed by atoms with Gasteiger partial charge in [-0.05, 0) is 71.0 Å². The Labute approximate surface area is 215 Å². The van der Waals surface area contributed by atoms with E-state index in [2.05, 4.69) is 60.6 Å². The number of alkyl halides is 2. The van der Waals surface area contributed by atoms with Gasteiger partial charge in [0.15, 0.2) is 5.78 Å². The second kappa shape index (κ2) is 10.6. The van der Waals surface area contributed by atoms with Crippen LogP contribution in [0.15, 0.2) is 36.4 Å². The zero-order valence-electron chi connectivity index (χ0n) is 21.6. The SMILES string of the molecule is COc1ccc(C[C@H]2C(=O)C(Cl)(Cl)[C@H]2O[C@@H](C)c2c(C(C)C)cc(C(C)C)cc2C(C)C)cc1. The van der Waals surface area contributed by atoms with Gasteiger partial charge >= 0.3 is 0 Å². The fourth-order valence-corrected chi connectivity index (χ4v) is 5.53. The summed E-state index contributed by atoms with van der Waals surface area (Å²) in [7, 11) is 1.63. The van der Waals surface area contributed by atoms with Gasteiger partial charge in [0.05, 0.1) is 19.1 Å². The molecule has 0 aromatic heterocycles. The van der Waals surface area contributed by atoms with Gasteiger partial charge in [-0.25, -0.2) is 0 Å². The van der Waals surface area contributed by atoms with E-state index in [0.717, 1.165) is 11.3 Å². The molecule has 34 heavy (non-hydrogen) atoms. The number of Topliss-reactive ketones (excluding diaryl/α,β-unsaturated/α-hetero) is 1. The lowest BCUT2D eigenvalue weighted by Gasteiger charge is -2.46. The van der Waals surface area contributed by atoms with Crippen molar-refractivity contribution in [2.24, 2.45) is 5.92 Å². The standard InChI is InChI=1S/C29H38Cl2O3/c1-16(2)21-14-23(17(3)4)26(24(15-21)18(5)6)19(7)34-28-25(27(32)29(28,30)31)13-20-9-11-22(33-8)12-10-20/h9-12,14-19,25,28H,13H2,1-8H3/t19-,25-,28-/m0/s1. The van der Waals surface area contributed by atoms with Crippen LogP contribution in [0.2, 0.25) is 0 Å². The van der Waals surface area contributed by atoms with Gasteiger partial charge in [0.25, 0.3) is 0 Å². The quantitative estimate of drug-likeness (QED) is 0.323. The first-order chi connectivity index (χ1) is 15.9. The Hall–Kier alpha value is -1.55. The molecule has 0 aliphatic heterocycles. The smallest absolute Gasteiger partial charge is 0.202 e. The van der Waals surface area contributed by atoms with Crippen molar-refractivity contribution in [3.8, 4) is 5.75 Å². The lowest BCUT2D eigenvalue weighted by Crippen LogP contribution is -2.62. The number of benzene rings is 2. The Morgan fingerprint density at radius 1 is 0.882 bits per heavy atom. The Bertz CT molecular complexity index is 980. The van der Waals surface area contributed by atoms with Crippen molar-refractivity contribution < 1.29 is 14.3 Å². The Balaban J connectivity index is 1.93. The predicted molar refractivity (Wildman–Crippen MR) is 142 cm³/mol. The second-order valence-corrected chi connectivity index (χ2v) is 11.8. The Kier molecular flexibility index (Phi) is 8.43. The van der Waals surface area contributed by atoms with E-state index in [1.165, 1.54) is 22.3 Å². The number of carbonyl (C=O) groups is 1. The minimum atomic E-state index is -1.53. The highest BCUT2D eigenvalue weighted by atomic mass is 35.5. The third-order valence-corrected chi connectivity index (χ3v) is 7.74. The van der Waals surface area contributed by atoms with E-state index in [0.29, 0.717) is 24.2 Å². The van der Waals surface area contributed by atoms with Crippen molar-refractivity contribution in [1.29, 1.82) is 0 Å². The number of carbonyl (C=O) groups excluding carboxylic acids is 1. The van der Waals surface area contributed by atoms with Crippen LogP contribution in [0, 0.1) is 5.92 Å². The van der Waals surface area contributed by atoms with Crippen LogP contribution in [-0.4, -0.2) is 23.3 Å². The topological polar surface area (TPSA) is 35.5 Å². The molecular formula is C29H38Cl2O3. The molecule has 0 N–H and O–H groups in total. The molecule has 0 saturated heterocycles.